The van der Waals surface area contributed by atoms with Gasteiger partial charge in [-0.3, -0.25) is 0 Å². The summed E-state index contributed by atoms with van der Waals surface area (Å²) in [6.45, 7) is 6.30. The van der Waals surface area contributed by atoms with E-state index in [0.717, 1.165) is 36.9 Å². The van der Waals surface area contributed by atoms with E-state index in [9.17, 15) is 0 Å². The lowest BCUT2D eigenvalue weighted by Crippen LogP contribution is -2.32. The fourth-order valence-electron chi connectivity index (χ4n) is 5.55. The highest BCUT2D eigenvalue weighted by Crippen LogP contribution is 2.39. The van der Waals surface area contributed by atoms with E-state index in [1.54, 1.807) is 0 Å². The SMILES string of the molecule is CCCC1CCC(C2CCC(/C=C/C3CCC(OCC)CC3)CC2)CO1. The van der Waals surface area contributed by atoms with Gasteiger partial charge in [0.2, 0.25) is 0 Å². The Labute approximate surface area is 162 Å². The van der Waals surface area contributed by atoms with Crippen molar-refractivity contribution in [1.29, 1.82) is 0 Å². The molecule has 0 bridgehead atoms. The van der Waals surface area contributed by atoms with Crippen LogP contribution in [-0.4, -0.2) is 25.4 Å². The van der Waals surface area contributed by atoms with Crippen molar-refractivity contribution >= 4 is 0 Å². The lowest BCUT2D eigenvalue weighted by Gasteiger charge is -2.37. The zero-order valence-corrected chi connectivity index (χ0v) is 17.3. The van der Waals surface area contributed by atoms with Crippen LogP contribution in [-0.2, 0) is 9.47 Å². The minimum absolute atomic E-state index is 0.537. The maximum atomic E-state index is 6.14. The molecule has 0 N–H and O–H groups in total. The van der Waals surface area contributed by atoms with Gasteiger partial charge >= 0.3 is 0 Å². The molecular weight excluding hydrogens is 320 g/mol. The van der Waals surface area contributed by atoms with E-state index in [4.69, 9.17) is 9.47 Å². The van der Waals surface area contributed by atoms with Gasteiger partial charge in [-0.2, -0.15) is 0 Å². The van der Waals surface area contributed by atoms with E-state index in [1.807, 2.05) is 0 Å². The molecule has 2 atom stereocenters. The third-order valence-corrected chi connectivity index (χ3v) is 7.28. The summed E-state index contributed by atoms with van der Waals surface area (Å²) in [6, 6.07) is 0. The minimum Gasteiger partial charge on any atom is -0.379 e. The van der Waals surface area contributed by atoms with Crippen LogP contribution in [0, 0.1) is 23.7 Å². The Morgan fingerprint density at radius 3 is 1.92 bits per heavy atom. The predicted octanol–water partition coefficient (Wildman–Crippen LogP) is 6.54. The second-order valence-electron chi connectivity index (χ2n) is 9.13. The largest absolute Gasteiger partial charge is 0.379 e. The van der Waals surface area contributed by atoms with Crippen LogP contribution in [0.5, 0.6) is 0 Å². The van der Waals surface area contributed by atoms with Gasteiger partial charge in [0.25, 0.3) is 0 Å². The van der Waals surface area contributed by atoms with Crippen molar-refractivity contribution in [2.24, 2.45) is 23.7 Å². The highest BCUT2D eigenvalue weighted by molar-refractivity contribution is 4.97. The fraction of sp³-hybridized carbons (Fsp3) is 0.917. The highest BCUT2D eigenvalue weighted by atomic mass is 16.5. The van der Waals surface area contributed by atoms with Gasteiger partial charge in [-0.25, -0.2) is 0 Å². The Balaban J connectivity index is 1.33. The first-order chi connectivity index (χ1) is 12.8. The van der Waals surface area contributed by atoms with Crippen LogP contribution in [0.4, 0.5) is 0 Å². The summed E-state index contributed by atoms with van der Waals surface area (Å²) in [6.07, 6.45) is 22.3. The summed E-state index contributed by atoms with van der Waals surface area (Å²) in [5, 5.41) is 0. The van der Waals surface area contributed by atoms with Crippen molar-refractivity contribution in [2.45, 2.75) is 103 Å². The van der Waals surface area contributed by atoms with E-state index in [2.05, 4.69) is 26.0 Å². The smallest absolute Gasteiger partial charge is 0.0575 e. The van der Waals surface area contributed by atoms with E-state index in [0.29, 0.717) is 12.2 Å². The van der Waals surface area contributed by atoms with Gasteiger partial charge in [0.05, 0.1) is 18.8 Å². The van der Waals surface area contributed by atoms with Crippen LogP contribution in [0.3, 0.4) is 0 Å². The number of hydrogen-bond donors (Lipinski definition) is 0. The number of hydrogen-bond acceptors (Lipinski definition) is 2. The lowest BCUT2D eigenvalue weighted by molar-refractivity contribution is -0.0413. The molecular formula is C24H42O2. The van der Waals surface area contributed by atoms with Gasteiger partial charge in [0, 0.05) is 6.61 Å². The average molecular weight is 363 g/mol. The molecule has 1 aliphatic heterocycles. The molecule has 0 aromatic heterocycles. The van der Waals surface area contributed by atoms with E-state index < -0.39 is 0 Å². The molecule has 2 heteroatoms. The summed E-state index contributed by atoms with van der Waals surface area (Å²) < 4.78 is 11.9. The summed E-state index contributed by atoms with van der Waals surface area (Å²) in [4.78, 5) is 0. The standard InChI is InChI=1S/C24H42O2/c1-3-5-23-17-14-22(18-26-23)21-12-8-19(9-13-21)6-7-20-10-15-24(16-11-20)25-4-2/h6-7,19-24H,3-5,8-18H2,1-2H3/b7-6+. The monoisotopic (exact) mass is 362 g/mol. The van der Waals surface area contributed by atoms with Crippen LogP contribution in [0.1, 0.15) is 90.9 Å². The molecule has 0 aromatic rings. The molecule has 150 valence electrons. The first-order valence-electron chi connectivity index (χ1n) is 11.7. The van der Waals surface area contributed by atoms with Crippen molar-refractivity contribution < 1.29 is 9.47 Å². The van der Waals surface area contributed by atoms with Crippen molar-refractivity contribution in [1.82, 2.24) is 0 Å². The molecule has 2 unspecified atom stereocenters. The second-order valence-corrected chi connectivity index (χ2v) is 9.13. The van der Waals surface area contributed by atoms with Crippen molar-refractivity contribution in [3.8, 4) is 0 Å². The summed E-state index contributed by atoms with van der Waals surface area (Å²) in [7, 11) is 0. The molecule has 2 saturated carbocycles. The molecule has 3 fully saturated rings. The molecule has 2 aliphatic carbocycles. The normalized spacial score (nSPS) is 39.3. The minimum atomic E-state index is 0.537. The first-order valence-corrected chi connectivity index (χ1v) is 11.7. The van der Waals surface area contributed by atoms with Gasteiger partial charge in [-0.05, 0) is 101 Å². The molecule has 0 radical (unpaired) electrons. The molecule has 0 spiro atoms. The Bertz CT molecular complexity index is 394. The van der Waals surface area contributed by atoms with Crippen LogP contribution < -0.4 is 0 Å². The molecule has 0 aromatic carbocycles. The first kappa shape index (κ1) is 20.4. The van der Waals surface area contributed by atoms with Gasteiger partial charge in [-0.15, -0.1) is 0 Å². The summed E-state index contributed by atoms with van der Waals surface area (Å²) >= 11 is 0. The van der Waals surface area contributed by atoms with Gasteiger partial charge in [0.15, 0.2) is 0 Å². The number of ether oxygens (including phenoxy) is 2. The van der Waals surface area contributed by atoms with Crippen LogP contribution in [0.15, 0.2) is 12.2 Å². The van der Waals surface area contributed by atoms with Crippen LogP contribution in [0.25, 0.3) is 0 Å². The Kier molecular flexibility index (Phi) is 8.52. The van der Waals surface area contributed by atoms with Gasteiger partial charge in [0.1, 0.15) is 0 Å². The predicted molar refractivity (Wildman–Crippen MR) is 109 cm³/mol. The zero-order valence-electron chi connectivity index (χ0n) is 17.3. The zero-order chi connectivity index (χ0) is 18.2. The Morgan fingerprint density at radius 1 is 0.769 bits per heavy atom. The molecule has 2 nitrogen and oxygen atoms in total. The topological polar surface area (TPSA) is 18.5 Å². The molecule has 3 aliphatic rings. The fourth-order valence-corrected chi connectivity index (χ4v) is 5.55. The molecule has 1 saturated heterocycles. The molecule has 1 heterocycles. The lowest BCUT2D eigenvalue weighted by atomic mass is 9.73. The highest BCUT2D eigenvalue weighted by Gasteiger charge is 2.30. The molecule has 0 amide bonds. The molecule has 3 rings (SSSR count). The van der Waals surface area contributed by atoms with Crippen LogP contribution >= 0.6 is 0 Å². The van der Waals surface area contributed by atoms with Crippen molar-refractivity contribution in [2.75, 3.05) is 13.2 Å². The summed E-state index contributed by atoms with van der Waals surface area (Å²) in [5.41, 5.74) is 0. The third kappa shape index (κ3) is 6.09. The average Bonchev–Trinajstić information content (AvgIpc) is 2.69. The Morgan fingerprint density at radius 2 is 1.38 bits per heavy atom. The van der Waals surface area contributed by atoms with Crippen molar-refractivity contribution in [3.05, 3.63) is 12.2 Å². The summed E-state index contributed by atoms with van der Waals surface area (Å²) in [5.74, 6) is 3.44. The van der Waals surface area contributed by atoms with E-state index >= 15 is 0 Å². The quantitative estimate of drug-likeness (QED) is 0.479. The van der Waals surface area contributed by atoms with Crippen LogP contribution in [0.2, 0.25) is 0 Å². The van der Waals surface area contributed by atoms with E-state index in [1.165, 1.54) is 77.0 Å². The maximum absolute atomic E-state index is 6.14. The van der Waals surface area contributed by atoms with E-state index in [-0.39, 0.29) is 0 Å². The van der Waals surface area contributed by atoms with Gasteiger partial charge in [-0.1, -0.05) is 25.5 Å². The third-order valence-electron chi connectivity index (χ3n) is 7.28. The second kappa shape index (κ2) is 10.9. The maximum Gasteiger partial charge on any atom is 0.0575 e. The van der Waals surface area contributed by atoms with Gasteiger partial charge < -0.3 is 9.47 Å². The molecule has 26 heavy (non-hydrogen) atoms. The number of rotatable bonds is 7. The number of allylic oxidation sites excluding steroid dienone is 2. The Hall–Kier alpha value is -0.340. The van der Waals surface area contributed by atoms with Crippen molar-refractivity contribution in [3.63, 3.8) is 0 Å².